The van der Waals surface area contributed by atoms with Crippen molar-refractivity contribution in [2.45, 2.75) is 58.3 Å². The van der Waals surface area contributed by atoms with Crippen molar-refractivity contribution in [2.24, 2.45) is 0 Å². The summed E-state index contributed by atoms with van der Waals surface area (Å²) in [5.74, 6) is 1.35. The predicted molar refractivity (Wildman–Crippen MR) is 126 cm³/mol. The molecule has 1 aliphatic heterocycles. The quantitative estimate of drug-likeness (QED) is 0.597. The number of amides is 1. The fourth-order valence-electron chi connectivity index (χ4n) is 3.71. The molecular weight excluding hydrogens is 406 g/mol. The van der Waals surface area contributed by atoms with Gasteiger partial charge >= 0.3 is 0 Å². The van der Waals surface area contributed by atoms with Crippen LogP contribution in [-0.4, -0.2) is 44.5 Å². The Hall–Kier alpha value is -2.31. The molecule has 5 nitrogen and oxygen atoms in total. The minimum atomic E-state index is -2.13. The average molecular weight is 442 g/mol. The third kappa shape index (κ3) is 4.80. The molecule has 0 fully saturated rings. The summed E-state index contributed by atoms with van der Waals surface area (Å²) in [5.41, 5.74) is 3.55. The highest BCUT2D eigenvalue weighted by Gasteiger charge is 2.41. The molecule has 1 aliphatic rings. The smallest absolute Gasteiger partial charge is 0.255 e. The summed E-state index contributed by atoms with van der Waals surface area (Å²) in [4.78, 5) is 15.3. The van der Waals surface area contributed by atoms with E-state index in [2.05, 4.69) is 46.0 Å². The SMILES string of the molecule is COc1cc(O[Si](C)(C)C(C)(C)C)c(CCO)c2c1CN(CCc1ccccc1)C2=O. The van der Waals surface area contributed by atoms with Gasteiger partial charge in [0.25, 0.3) is 5.91 Å². The van der Waals surface area contributed by atoms with E-state index in [0.29, 0.717) is 36.6 Å². The van der Waals surface area contributed by atoms with Crippen LogP contribution in [-0.2, 0) is 19.4 Å². The highest BCUT2D eigenvalue weighted by atomic mass is 28.4. The minimum Gasteiger partial charge on any atom is -0.543 e. The fourth-order valence-corrected chi connectivity index (χ4v) is 4.75. The molecule has 2 aromatic carbocycles. The summed E-state index contributed by atoms with van der Waals surface area (Å²) in [6.45, 7) is 12.0. The standard InChI is InChI=1S/C25H35NO4Si/c1-25(2,3)31(5,6)30-22-16-21(29-4)20-17-26(14-12-18-10-8-7-9-11-18)24(28)23(20)19(22)13-15-27/h7-11,16,27H,12-15,17H2,1-6H3. The number of methoxy groups -OCH3 is 1. The van der Waals surface area contributed by atoms with E-state index in [9.17, 15) is 9.90 Å². The van der Waals surface area contributed by atoms with Crippen LogP contribution in [0.5, 0.6) is 11.5 Å². The lowest BCUT2D eigenvalue weighted by Gasteiger charge is -2.37. The number of ether oxygens (including phenoxy) is 1. The number of carbonyl (C=O) groups is 1. The Bertz CT molecular complexity index is 935. The second kappa shape index (κ2) is 9.05. The molecule has 31 heavy (non-hydrogen) atoms. The predicted octanol–water partition coefficient (Wildman–Crippen LogP) is 4.81. The first-order chi connectivity index (χ1) is 14.6. The number of aliphatic hydroxyl groups is 1. The normalized spacial score (nSPS) is 14.0. The van der Waals surface area contributed by atoms with E-state index in [1.807, 2.05) is 29.2 Å². The van der Waals surface area contributed by atoms with E-state index < -0.39 is 8.32 Å². The Labute approximate surface area is 187 Å². The van der Waals surface area contributed by atoms with Gasteiger partial charge in [-0.25, -0.2) is 0 Å². The molecule has 0 aliphatic carbocycles. The number of benzene rings is 2. The van der Waals surface area contributed by atoms with E-state index in [0.717, 1.165) is 17.5 Å². The summed E-state index contributed by atoms with van der Waals surface area (Å²) in [6.07, 6.45) is 1.18. The molecule has 1 N–H and O–H groups in total. The Morgan fingerprint density at radius 3 is 2.35 bits per heavy atom. The van der Waals surface area contributed by atoms with Gasteiger partial charge in [0.1, 0.15) is 11.5 Å². The van der Waals surface area contributed by atoms with Gasteiger partial charge in [0.15, 0.2) is 0 Å². The molecule has 3 rings (SSSR count). The second-order valence-corrected chi connectivity index (χ2v) is 14.4. The van der Waals surface area contributed by atoms with Crippen LogP contribution < -0.4 is 9.16 Å². The number of nitrogens with zero attached hydrogens (tertiary/aromatic N) is 1. The molecule has 0 unspecified atom stereocenters. The van der Waals surface area contributed by atoms with Gasteiger partial charge in [0.05, 0.1) is 19.2 Å². The van der Waals surface area contributed by atoms with E-state index in [4.69, 9.17) is 9.16 Å². The molecule has 2 aromatic rings. The first-order valence-corrected chi connectivity index (χ1v) is 13.9. The van der Waals surface area contributed by atoms with Crippen molar-refractivity contribution in [3.05, 3.63) is 58.7 Å². The number of hydrogen-bond donors (Lipinski definition) is 1. The summed E-state index contributed by atoms with van der Waals surface area (Å²) in [7, 11) is -0.501. The lowest BCUT2D eigenvalue weighted by atomic mass is 9.98. The molecule has 0 radical (unpaired) electrons. The number of fused-ring (bicyclic) bond motifs is 1. The molecule has 1 heterocycles. The molecule has 0 saturated carbocycles. The summed E-state index contributed by atoms with van der Waals surface area (Å²) in [6, 6.07) is 12.1. The van der Waals surface area contributed by atoms with Crippen molar-refractivity contribution in [3.63, 3.8) is 0 Å². The maximum atomic E-state index is 13.4. The molecule has 0 saturated heterocycles. The van der Waals surface area contributed by atoms with Crippen molar-refractivity contribution in [2.75, 3.05) is 20.3 Å². The van der Waals surface area contributed by atoms with Crippen molar-refractivity contribution in [1.29, 1.82) is 0 Å². The minimum absolute atomic E-state index is 0.00615. The first kappa shape index (κ1) is 23.4. The molecule has 168 valence electrons. The van der Waals surface area contributed by atoms with E-state index in [1.165, 1.54) is 5.56 Å². The van der Waals surface area contributed by atoms with Crippen molar-refractivity contribution >= 4 is 14.2 Å². The monoisotopic (exact) mass is 441 g/mol. The molecule has 0 aromatic heterocycles. The van der Waals surface area contributed by atoms with Gasteiger partial charge < -0.3 is 19.2 Å². The van der Waals surface area contributed by atoms with Gasteiger partial charge in [-0.05, 0) is 36.5 Å². The Morgan fingerprint density at radius 1 is 1.10 bits per heavy atom. The van der Waals surface area contributed by atoms with Gasteiger partial charge in [-0.1, -0.05) is 51.1 Å². The zero-order valence-electron chi connectivity index (χ0n) is 19.6. The van der Waals surface area contributed by atoms with Gasteiger partial charge in [-0.2, -0.15) is 0 Å². The van der Waals surface area contributed by atoms with Crippen molar-refractivity contribution < 1.29 is 19.1 Å². The third-order valence-electron chi connectivity index (χ3n) is 6.58. The molecule has 0 bridgehead atoms. The van der Waals surface area contributed by atoms with Gasteiger partial charge in [-0.15, -0.1) is 0 Å². The van der Waals surface area contributed by atoms with Crippen LogP contribution in [0, 0.1) is 0 Å². The zero-order chi connectivity index (χ0) is 22.8. The van der Waals surface area contributed by atoms with E-state index in [-0.39, 0.29) is 17.6 Å². The number of aliphatic hydroxyl groups excluding tert-OH is 1. The Balaban J connectivity index is 1.97. The lowest BCUT2D eigenvalue weighted by molar-refractivity contribution is 0.0779. The molecule has 0 spiro atoms. The van der Waals surface area contributed by atoms with Gasteiger partial charge in [-0.3, -0.25) is 4.79 Å². The molecule has 1 amide bonds. The van der Waals surface area contributed by atoms with Crippen molar-refractivity contribution in [3.8, 4) is 11.5 Å². The zero-order valence-corrected chi connectivity index (χ0v) is 20.6. The average Bonchev–Trinajstić information content (AvgIpc) is 3.04. The van der Waals surface area contributed by atoms with Gasteiger partial charge in [0, 0.05) is 30.3 Å². The van der Waals surface area contributed by atoms with Crippen LogP contribution in [0.3, 0.4) is 0 Å². The molecule has 6 heteroatoms. The lowest BCUT2D eigenvalue weighted by Crippen LogP contribution is -2.44. The highest BCUT2D eigenvalue weighted by molar-refractivity contribution is 6.74. The number of hydrogen-bond acceptors (Lipinski definition) is 4. The maximum absolute atomic E-state index is 13.4. The molecule has 0 atom stereocenters. The Kier molecular flexibility index (Phi) is 6.81. The van der Waals surface area contributed by atoms with Gasteiger partial charge in [0.2, 0.25) is 8.32 Å². The van der Waals surface area contributed by atoms with Crippen molar-refractivity contribution in [1.82, 2.24) is 4.90 Å². The van der Waals surface area contributed by atoms with Crippen LogP contribution in [0.15, 0.2) is 36.4 Å². The van der Waals surface area contributed by atoms with Crippen LogP contribution in [0.4, 0.5) is 0 Å². The summed E-state index contributed by atoms with van der Waals surface area (Å²) in [5, 5.41) is 9.78. The highest BCUT2D eigenvalue weighted by Crippen LogP contribution is 2.43. The Morgan fingerprint density at radius 2 is 1.77 bits per heavy atom. The van der Waals surface area contributed by atoms with Crippen LogP contribution >= 0.6 is 0 Å². The number of rotatable bonds is 8. The van der Waals surface area contributed by atoms with E-state index in [1.54, 1.807) is 7.11 Å². The van der Waals surface area contributed by atoms with Crippen LogP contribution in [0.1, 0.15) is 47.8 Å². The fraction of sp³-hybridized carbons (Fsp3) is 0.480. The maximum Gasteiger partial charge on any atom is 0.255 e. The van der Waals surface area contributed by atoms with Crippen LogP contribution in [0.25, 0.3) is 0 Å². The second-order valence-electron chi connectivity index (χ2n) is 9.71. The van der Waals surface area contributed by atoms with E-state index >= 15 is 0 Å². The first-order valence-electron chi connectivity index (χ1n) is 10.9. The summed E-state index contributed by atoms with van der Waals surface area (Å²) >= 11 is 0. The summed E-state index contributed by atoms with van der Waals surface area (Å²) < 4.78 is 12.3. The number of carbonyl (C=O) groups excluding carboxylic acids is 1. The molecular formula is C25H35NO4Si. The largest absolute Gasteiger partial charge is 0.543 e. The third-order valence-corrected chi connectivity index (χ3v) is 10.9. The van der Waals surface area contributed by atoms with Crippen LogP contribution in [0.2, 0.25) is 18.1 Å². The topological polar surface area (TPSA) is 59.0 Å².